The van der Waals surface area contributed by atoms with Crippen molar-refractivity contribution in [3.05, 3.63) is 64.1 Å². The lowest BCUT2D eigenvalue weighted by Gasteiger charge is -2.13. The Balaban J connectivity index is 1.43. The van der Waals surface area contributed by atoms with Gasteiger partial charge in [0.25, 0.3) is 0 Å². The van der Waals surface area contributed by atoms with Crippen molar-refractivity contribution >= 4 is 17.2 Å². The fourth-order valence-electron chi connectivity index (χ4n) is 3.18. The fourth-order valence-corrected chi connectivity index (χ4v) is 3.79. The van der Waals surface area contributed by atoms with Gasteiger partial charge in [-0.1, -0.05) is 0 Å². The molecule has 0 aliphatic carbocycles. The molecule has 1 aliphatic rings. The number of halogens is 1. The summed E-state index contributed by atoms with van der Waals surface area (Å²) in [4.78, 5) is 20.4. The molecule has 0 spiro atoms. The Morgan fingerprint density at radius 2 is 2.15 bits per heavy atom. The van der Waals surface area contributed by atoms with Crippen LogP contribution in [0, 0.1) is 12.7 Å². The highest BCUT2D eigenvalue weighted by Crippen LogP contribution is 2.39. The fraction of sp³-hybridized carbons (Fsp3) is 0.250. The molecule has 1 amide bonds. The molecule has 5 nitrogen and oxygen atoms in total. The number of hydrogen-bond acceptors (Lipinski definition) is 5. The van der Waals surface area contributed by atoms with E-state index in [1.165, 1.54) is 17.4 Å². The molecule has 0 bridgehead atoms. The van der Waals surface area contributed by atoms with Crippen molar-refractivity contribution in [3.63, 3.8) is 0 Å². The van der Waals surface area contributed by atoms with Gasteiger partial charge in [-0.15, -0.1) is 11.3 Å². The molecule has 2 aromatic heterocycles. The highest BCUT2D eigenvalue weighted by molar-refractivity contribution is 7.09. The van der Waals surface area contributed by atoms with E-state index in [4.69, 9.17) is 4.74 Å². The zero-order valence-corrected chi connectivity index (χ0v) is 15.6. The third-order valence-electron chi connectivity index (χ3n) is 4.45. The highest BCUT2D eigenvalue weighted by Gasteiger charge is 2.29. The van der Waals surface area contributed by atoms with Gasteiger partial charge in [-0.2, -0.15) is 0 Å². The normalized spacial score (nSPS) is 15.3. The number of aryl methyl sites for hydroxylation is 1. The number of hydrogen-bond donors (Lipinski definition) is 1. The largest absolute Gasteiger partial charge is 0.487 e. The molecule has 1 aliphatic heterocycles. The number of aromatic nitrogens is 2. The van der Waals surface area contributed by atoms with Crippen LogP contribution in [0.3, 0.4) is 0 Å². The van der Waals surface area contributed by atoms with Crippen LogP contribution in [0.2, 0.25) is 0 Å². The Labute approximate surface area is 160 Å². The second kappa shape index (κ2) is 7.44. The second-order valence-electron chi connectivity index (χ2n) is 6.42. The van der Waals surface area contributed by atoms with E-state index in [1.54, 1.807) is 18.5 Å². The maximum absolute atomic E-state index is 14.3. The number of fused-ring (bicyclic) bond motifs is 1. The van der Waals surface area contributed by atoms with Gasteiger partial charge in [-0.3, -0.25) is 9.78 Å². The molecule has 0 saturated heterocycles. The SMILES string of the molecule is Cc1nc(CC(=O)NCC2Cc3c(F)ccc(-c4ccncc4)c3O2)cs1. The number of carbonyl (C=O) groups excluding carboxylic acids is 1. The molecular formula is C20H18FN3O2S. The minimum absolute atomic E-state index is 0.116. The minimum Gasteiger partial charge on any atom is -0.487 e. The van der Waals surface area contributed by atoms with E-state index >= 15 is 0 Å². The summed E-state index contributed by atoms with van der Waals surface area (Å²) in [5.41, 5.74) is 3.07. The first-order valence-corrected chi connectivity index (χ1v) is 9.54. The molecular weight excluding hydrogens is 365 g/mol. The summed E-state index contributed by atoms with van der Waals surface area (Å²) in [5, 5.41) is 5.68. The summed E-state index contributed by atoms with van der Waals surface area (Å²) >= 11 is 1.52. The average Bonchev–Trinajstić information content (AvgIpc) is 3.28. The van der Waals surface area contributed by atoms with Gasteiger partial charge >= 0.3 is 0 Å². The third kappa shape index (κ3) is 3.83. The van der Waals surface area contributed by atoms with E-state index in [2.05, 4.69) is 15.3 Å². The lowest BCUT2D eigenvalue weighted by molar-refractivity contribution is -0.120. The molecule has 0 saturated carbocycles. The zero-order valence-electron chi connectivity index (χ0n) is 14.7. The van der Waals surface area contributed by atoms with E-state index in [0.29, 0.717) is 24.3 Å². The van der Waals surface area contributed by atoms with Crippen LogP contribution in [0.1, 0.15) is 16.3 Å². The second-order valence-corrected chi connectivity index (χ2v) is 7.48. The van der Waals surface area contributed by atoms with Crippen LogP contribution >= 0.6 is 11.3 Å². The number of carbonyl (C=O) groups is 1. The predicted molar refractivity (Wildman–Crippen MR) is 101 cm³/mol. The van der Waals surface area contributed by atoms with Gasteiger partial charge < -0.3 is 10.1 Å². The van der Waals surface area contributed by atoms with Crippen LogP contribution in [0.15, 0.2) is 42.0 Å². The highest BCUT2D eigenvalue weighted by atomic mass is 32.1. The van der Waals surface area contributed by atoms with Crippen molar-refractivity contribution in [2.45, 2.75) is 25.9 Å². The number of rotatable bonds is 5. The maximum atomic E-state index is 14.3. The van der Waals surface area contributed by atoms with Gasteiger partial charge in [-0.25, -0.2) is 9.37 Å². The van der Waals surface area contributed by atoms with Crippen molar-refractivity contribution in [2.75, 3.05) is 6.54 Å². The summed E-state index contributed by atoms with van der Waals surface area (Å²) in [6, 6.07) is 6.90. The molecule has 7 heteroatoms. The molecule has 3 aromatic rings. The Morgan fingerprint density at radius 3 is 2.89 bits per heavy atom. The van der Waals surface area contributed by atoms with Gasteiger partial charge in [0.1, 0.15) is 17.7 Å². The Kier molecular flexibility index (Phi) is 4.85. The van der Waals surface area contributed by atoms with E-state index in [-0.39, 0.29) is 24.2 Å². The van der Waals surface area contributed by atoms with Crippen molar-refractivity contribution < 1.29 is 13.9 Å². The summed E-state index contributed by atoms with van der Waals surface area (Å²) in [5.74, 6) is 0.153. The van der Waals surface area contributed by atoms with Gasteiger partial charge in [0, 0.05) is 35.3 Å². The molecule has 0 radical (unpaired) electrons. The lowest BCUT2D eigenvalue weighted by Crippen LogP contribution is -2.35. The van der Waals surface area contributed by atoms with Crippen LogP contribution in [0.5, 0.6) is 5.75 Å². The Morgan fingerprint density at radius 1 is 1.33 bits per heavy atom. The molecule has 1 unspecified atom stereocenters. The minimum atomic E-state index is -0.293. The first-order valence-electron chi connectivity index (χ1n) is 8.66. The topological polar surface area (TPSA) is 64.1 Å². The number of nitrogens with one attached hydrogen (secondary N) is 1. The smallest absolute Gasteiger partial charge is 0.226 e. The summed E-state index contributed by atoms with van der Waals surface area (Å²) in [7, 11) is 0. The van der Waals surface area contributed by atoms with Crippen LogP contribution in [-0.4, -0.2) is 28.5 Å². The van der Waals surface area contributed by atoms with E-state index in [1.807, 2.05) is 24.4 Å². The van der Waals surface area contributed by atoms with Crippen LogP contribution < -0.4 is 10.1 Å². The molecule has 0 fully saturated rings. The van der Waals surface area contributed by atoms with Crippen molar-refractivity contribution in [1.82, 2.24) is 15.3 Å². The molecule has 1 N–H and O–H groups in total. The van der Waals surface area contributed by atoms with E-state index < -0.39 is 0 Å². The van der Waals surface area contributed by atoms with Gasteiger partial charge in [0.05, 0.1) is 23.7 Å². The molecule has 1 aromatic carbocycles. The van der Waals surface area contributed by atoms with Gasteiger partial charge in [0.2, 0.25) is 5.91 Å². The predicted octanol–water partition coefficient (Wildman–Crippen LogP) is 3.32. The Bertz CT molecular complexity index is 975. The van der Waals surface area contributed by atoms with Gasteiger partial charge in [-0.05, 0) is 36.8 Å². The third-order valence-corrected chi connectivity index (χ3v) is 5.27. The first-order chi connectivity index (χ1) is 13.1. The number of ether oxygens (including phenoxy) is 1. The number of pyridine rings is 1. The number of nitrogens with zero attached hydrogens (tertiary/aromatic N) is 2. The van der Waals surface area contributed by atoms with Gasteiger partial charge in [0.15, 0.2) is 0 Å². The standard InChI is InChI=1S/C20H18FN3O2S/c1-12-24-14(11-27-12)8-19(25)23-10-15-9-17-18(21)3-2-16(20(17)26-15)13-4-6-22-7-5-13/h2-7,11,15H,8-10H2,1H3,(H,23,25). The quantitative estimate of drug-likeness (QED) is 0.734. The van der Waals surface area contributed by atoms with Crippen LogP contribution in [0.25, 0.3) is 11.1 Å². The van der Waals surface area contributed by atoms with Crippen molar-refractivity contribution in [1.29, 1.82) is 0 Å². The van der Waals surface area contributed by atoms with E-state index in [0.717, 1.165) is 21.8 Å². The number of thiazole rings is 1. The molecule has 27 heavy (non-hydrogen) atoms. The zero-order chi connectivity index (χ0) is 18.8. The number of benzene rings is 1. The lowest BCUT2D eigenvalue weighted by atomic mass is 10.0. The van der Waals surface area contributed by atoms with Crippen molar-refractivity contribution in [2.24, 2.45) is 0 Å². The maximum Gasteiger partial charge on any atom is 0.226 e. The molecule has 1 atom stereocenters. The summed E-state index contributed by atoms with van der Waals surface area (Å²) < 4.78 is 20.3. The summed E-state index contributed by atoms with van der Waals surface area (Å²) in [6.07, 6.45) is 3.76. The van der Waals surface area contributed by atoms with Crippen LogP contribution in [0.4, 0.5) is 4.39 Å². The molecule has 3 heterocycles. The first kappa shape index (κ1) is 17.6. The Hall–Kier alpha value is -2.80. The molecule has 138 valence electrons. The average molecular weight is 383 g/mol. The number of amides is 1. The summed E-state index contributed by atoms with van der Waals surface area (Å²) in [6.45, 7) is 2.23. The molecule has 4 rings (SSSR count). The van der Waals surface area contributed by atoms with E-state index in [9.17, 15) is 9.18 Å². The van der Waals surface area contributed by atoms with Crippen molar-refractivity contribution in [3.8, 4) is 16.9 Å². The van der Waals surface area contributed by atoms with Crippen LogP contribution in [-0.2, 0) is 17.6 Å². The monoisotopic (exact) mass is 383 g/mol.